The summed E-state index contributed by atoms with van der Waals surface area (Å²) in [6, 6.07) is 11.7. The van der Waals surface area contributed by atoms with E-state index in [1.807, 2.05) is 38.1 Å². The van der Waals surface area contributed by atoms with Gasteiger partial charge in [0.1, 0.15) is 11.5 Å². The van der Waals surface area contributed by atoms with E-state index in [2.05, 4.69) is 6.92 Å². The van der Waals surface area contributed by atoms with E-state index in [9.17, 15) is 14.7 Å². The van der Waals surface area contributed by atoms with Crippen molar-refractivity contribution in [1.29, 1.82) is 0 Å². The third kappa shape index (κ3) is 4.81. The summed E-state index contributed by atoms with van der Waals surface area (Å²) in [5.74, 6) is -1.40. The fourth-order valence-corrected chi connectivity index (χ4v) is 3.96. The van der Waals surface area contributed by atoms with Gasteiger partial charge in [-0.2, -0.15) is 0 Å². The van der Waals surface area contributed by atoms with Gasteiger partial charge < -0.3 is 19.5 Å². The summed E-state index contributed by atoms with van der Waals surface area (Å²) >= 11 is 6.14. The van der Waals surface area contributed by atoms with Gasteiger partial charge in [-0.3, -0.25) is 9.59 Å². The van der Waals surface area contributed by atoms with Crippen molar-refractivity contribution in [2.75, 3.05) is 20.3 Å². The minimum absolute atomic E-state index is 0.00404. The predicted octanol–water partition coefficient (Wildman–Crippen LogP) is 4.76. The summed E-state index contributed by atoms with van der Waals surface area (Å²) in [5, 5.41) is 11.6. The van der Waals surface area contributed by atoms with E-state index in [0.29, 0.717) is 10.8 Å². The fourth-order valence-electron chi connectivity index (χ4n) is 3.79. The molecule has 2 aromatic carbocycles. The lowest BCUT2D eigenvalue weighted by molar-refractivity contribution is -0.140. The zero-order chi connectivity index (χ0) is 23.4. The van der Waals surface area contributed by atoms with Gasteiger partial charge in [-0.15, -0.1) is 0 Å². The molecule has 0 saturated carbocycles. The molecule has 1 amide bonds. The van der Waals surface area contributed by atoms with Crippen molar-refractivity contribution in [3.8, 4) is 5.75 Å². The highest BCUT2D eigenvalue weighted by Gasteiger charge is 2.46. The van der Waals surface area contributed by atoms with Crippen LogP contribution in [0.1, 0.15) is 43.5 Å². The van der Waals surface area contributed by atoms with Crippen molar-refractivity contribution in [1.82, 2.24) is 4.90 Å². The van der Waals surface area contributed by atoms with E-state index in [0.717, 1.165) is 17.5 Å². The molecule has 0 aromatic heterocycles. The molecule has 2 aromatic rings. The molecule has 1 saturated heterocycles. The number of aryl methyl sites for hydroxylation is 1. The van der Waals surface area contributed by atoms with Crippen LogP contribution < -0.4 is 4.74 Å². The first-order chi connectivity index (χ1) is 15.3. The van der Waals surface area contributed by atoms with E-state index < -0.39 is 17.7 Å². The lowest BCUT2D eigenvalue weighted by atomic mass is 9.94. The Balaban J connectivity index is 2.15. The van der Waals surface area contributed by atoms with Gasteiger partial charge >= 0.3 is 0 Å². The Morgan fingerprint density at radius 1 is 1.16 bits per heavy atom. The highest BCUT2D eigenvalue weighted by atomic mass is 35.5. The Morgan fingerprint density at radius 2 is 1.84 bits per heavy atom. The molecule has 1 aliphatic heterocycles. The van der Waals surface area contributed by atoms with Crippen molar-refractivity contribution in [2.24, 2.45) is 0 Å². The number of hydrogen-bond acceptors (Lipinski definition) is 5. The van der Waals surface area contributed by atoms with Gasteiger partial charge in [0.05, 0.1) is 37.0 Å². The maximum atomic E-state index is 13.1. The van der Waals surface area contributed by atoms with E-state index in [4.69, 9.17) is 21.1 Å². The summed E-state index contributed by atoms with van der Waals surface area (Å²) in [6.45, 7) is 6.35. The molecular formula is C25H28ClNO5. The smallest absolute Gasteiger partial charge is 0.295 e. The first-order valence-electron chi connectivity index (χ1n) is 10.6. The molecule has 0 radical (unpaired) electrons. The first-order valence-corrected chi connectivity index (χ1v) is 11.0. The summed E-state index contributed by atoms with van der Waals surface area (Å²) in [6.07, 6.45) is 0.854. The lowest BCUT2D eigenvalue weighted by Gasteiger charge is -2.26. The maximum absolute atomic E-state index is 13.1. The van der Waals surface area contributed by atoms with Gasteiger partial charge in [0.15, 0.2) is 0 Å². The second kappa shape index (κ2) is 10.2. The van der Waals surface area contributed by atoms with Crippen molar-refractivity contribution >= 4 is 29.1 Å². The quantitative estimate of drug-likeness (QED) is 0.351. The number of likely N-dealkylation sites (tertiary alicyclic amines) is 1. The van der Waals surface area contributed by atoms with E-state index >= 15 is 0 Å². The number of nitrogens with zero attached hydrogens (tertiary/aromatic N) is 1. The van der Waals surface area contributed by atoms with Gasteiger partial charge in [-0.1, -0.05) is 42.8 Å². The Bertz CT molecular complexity index is 1030. The Labute approximate surface area is 193 Å². The Kier molecular flexibility index (Phi) is 7.59. The lowest BCUT2D eigenvalue weighted by Crippen LogP contribution is -2.33. The normalized spacial score (nSPS) is 17.9. The number of aliphatic hydroxyl groups is 1. The monoisotopic (exact) mass is 457 g/mol. The molecular weight excluding hydrogens is 430 g/mol. The van der Waals surface area contributed by atoms with Crippen LogP contribution >= 0.6 is 11.6 Å². The van der Waals surface area contributed by atoms with Crippen LogP contribution in [0.3, 0.4) is 0 Å². The predicted molar refractivity (Wildman–Crippen MR) is 124 cm³/mol. The summed E-state index contributed by atoms with van der Waals surface area (Å²) < 4.78 is 11.0. The largest absolute Gasteiger partial charge is 0.507 e. The number of amides is 1. The molecule has 7 heteroatoms. The van der Waals surface area contributed by atoms with Crippen LogP contribution in [0.4, 0.5) is 0 Å². The molecule has 1 aliphatic rings. The minimum Gasteiger partial charge on any atom is -0.507 e. The minimum atomic E-state index is -0.751. The SMILES string of the molecule is CCc1ccc(C2/C(=C(\O)c3cc(Cl)ccc3OC)C(=O)C(=O)N2CCOC(C)C)cc1. The summed E-state index contributed by atoms with van der Waals surface area (Å²) in [5.41, 5.74) is 2.12. The first kappa shape index (κ1) is 23.8. The number of ether oxygens (including phenoxy) is 2. The number of aliphatic hydroxyl groups excluding tert-OH is 1. The van der Waals surface area contributed by atoms with Crippen molar-refractivity contribution in [2.45, 2.75) is 39.3 Å². The molecule has 1 unspecified atom stereocenters. The number of halogens is 1. The number of methoxy groups -OCH3 is 1. The highest BCUT2D eigenvalue weighted by Crippen LogP contribution is 2.41. The van der Waals surface area contributed by atoms with Crippen molar-refractivity contribution < 1.29 is 24.2 Å². The Hall–Kier alpha value is -2.83. The van der Waals surface area contributed by atoms with Gasteiger partial charge in [0, 0.05) is 11.6 Å². The van der Waals surface area contributed by atoms with Crippen LogP contribution in [0.5, 0.6) is 5.75 Å². The second-order valence-corrected chi connectivity index (χ2v) is 8.29. The van der Waals surface area contributed by atoms with Gasteiger partial charge in [0.25, 0.3) is 11.7 Å². The van der Waals surface area contributed by atoms with E-state index in [1.54, 1.807) is 12.1 Å². The van der Waals surface area contributed by atoms with Crippen LogP contribution in [0.2, 0.25) is 5.02 Å². The van der Waals surface area contributed by atoms with Crippen LogP contribution in [0.15, 0.2) is 48.0 Å². The van der Waals surface area contributed by atoms with Crippen LogP contribution in [-0.4, -0.2) is 48.1 Å². The van der Waals surface area contributed by atoms with E-state index in [-0.39, 0.29) is 36.2 Å². The van der Waals surface area contributed by atoms with Gasteiger partial charge in [-0.05, 0) is 49.6 Å². The van der Waals surface area contributed by atoms with Gasteiger partial charge in [0.2, 0.25) is 0 Å². The number of hydrogen-bond donors (Lipinski definition) is 1. The molecule has 1 N–H and O–H groups in total. The summed E-state index contributed by atoms with van der Waals surface area (Å²) in [4.78, 5) is 27.5. The number of Topliss-reactive ketones (excluding diaryl/α,β-unsaturated/α-hetero) is 1. The number of rotatable bonds is 8. The third-order valence-corrected chi connectivity index (χ3v) is 5.68. The molecule has 0 bridgehead atoms. The molecule has 1 heterocycles. The second-order valence-electron chi connectivity index (χ2n) is 7.85. The van der Waals surface area contributed by atoms with Crippen molar-refractivity contribution in [3.05, 3.63) is 69.8 Å². The number of ketones is 1. The molecule has 1 fully saturated rings. The molecule has 170 valence electrons. The zero-order valence-electron chi connectivity index (χ0n) is 18.7. The van der Waals surface area contributed by atoms with Crippen LogP contribution in [-0.2, 0) is 20.7 Å². The average Bonchev–Trinajstić information content (AvgIpc) is 3.03. The highest BCUT2D eigenvalue weighted by molar-refractivity contribution is 6.46. The standard InChI is InChI=1S/C25H28ClNO5/c1-5-16-6-8-17(9-7-16)22-21(23(28)19-14-18(26)10-11-20(19)31-4)24(29)25(30)27(22)12-13-32-15(2)3/h6-11,14-15,22,28H,5,12-13H2,1-4H3/b23-21+. The molecule has 0 aliphatic carbocycles. The number of carbonyl (C=O) groups is 2. The van der Waals surface area contributed by atoms with Crippen LogP contribution in [0.25, 0.3) is 5.76 Å². The molecule has 0 spiro atoms. The molecule has 6 nitrogen and oxygen atoms in total. The molecule has 32 heavy (non-hydrogen) atoms. The summed E-state index contributed by atoms with van der Waals surface area (Å²) in [7, 11) is 1.46. The third-order valence-electron chi connectivity index (χ3n) is 5.44. The van der Waals surface area contributed by atoms with E-state index in [1.165, 1.54) is 18.1 Å². The Morgan fingerprint density at radius 3 is 2.44 bits per heavy atom. The fraction of sp³-hybridized carbons (Fsp3) is 0.360. The van der Waals surface area contributed by atoms with Crippen molar-refractivity contribution in [3.63, 3.8) is 0 Å². The topological polar surface area (TPSA) is 76.1 Å². The zero-order valence-corrected chi connectivity index (χ0v) is 19.5. The number of benzene rings is 2. The molecule has 3 rings (SSSR count). The maximum Gasteiger partial charge on any atom is 0.295 e. The van der Waals surface area contributed by atoms with Crippen LogP contribution in [0, 0.1) is 0 Å². The van der Waals surface area contributed by atoms with Gasteiger partial charge in [-0.25, -0.2) is 0 Å². The molecule has 1 atom stereocenters. The average molecular weight is 458 g/mol. The number of carbonyl (C=O) groups excluding carboxylic acids is 2.